The van der Waals surface area contributed by atoms with Crippen LogP contribution in [0, 0.1) is 6.92 Å². The van der Waals surface area contributed by atoms with Gasteiger partial charge in [-0.2, -0.15) is 9.78 Å². The Hall–Kier alpha value is -3.91. The summed E-state index contributed by atoms with van der Waals surface area (Å²) in [5.74, 6) is 2.05. The first-order valence-electron chi connectivity index (χ1n) is 10.5. The third-order valence-corrected chi connectivity index (χ3v) is 6.07. The zero-order valence-electron chi connectivity index (χ0n) is 18.7. The van der Waals surface area contributed by atoms with Crippen LogP contribution in [0.15, 0.2) is 79.4 Å². The molecule has 0 aliphatic rings. The Morgan fingerprint density at radius 3 is 2.68 bits per heavy atom. The minimum atomic E-state index is -0.303. The molecule has 0 spiro atoms. The van der Waals surface area contributed by atoms with E-state index in [-0.39, 0.29) is 5.56 Å². The molecule has 0 saturated heterocycles. The van der Waals surface area contributed by atoms with Crippen molar-refractivity contribution in [2.45, 2.75) is 6.92 Å². The summed E-state index contributed by atoms with van der Waals surface area (Å²) in [5, 5.41) is 5.86. The molecule has 0 amide bonds. The smallest absolute Gasteiger partial charge is 0.282 e. The standard InChI is InChI=1S/C26H20BrN3O4/c1-15-21(32-2)10-8-16(24(15)33-3)14-28-30-25(29-20-7-5-4-6-19(20)26(30)31)23-13-17-12-18(27)9-11-22(17)34-23/h4-14H,1-3H3. The SMILES string of the molecule is COc1ccc(C=Nn2c(-c3cc4cc(Br)ccc4o3)nc3ccccc3c2=O)c(OC)c1C. The molecule has 0 radical (unpaired) electrons. The second-order valence-electron chi connectivity index (χ2n) is 7.62. The number of ether oxygens (including phenoxy) is 2. The van der Waals surface area contributed by atoms with E-state index in [2.05, 4.69) is 21.0 Å². The van der Waals surface area contributed by atoms with Crippen LogP contribution in [0.25, 0.3) is 33.5 Å². The van der Waals surface area contributed by atoms with Gasteiger partial charge in [0.1, 0.15) is 17.1 Å². The number of furan rings is 1. The third-order valence-electron chi connectivity index (χ3n) is 5.58. The second kappa shape index (κ2) is 8.79. The first-order chi connectivity index (χ1) is 16.5. The fourth-order valence-corrected chi connectivity index (χ4v) is 4.30. The molecule has 7 nitrogen and oxygen atoms in total. The zero-order chi connectivity index (χ0) is 23.8. The van der Waals surface area contributed by atoms with E-state index >= 15 is 0 Å². The summed E-state index contributed by atoms with van der Waals surface area (Å²) in [4.78, 5) is 18.2. The molecule has 0 bridgehead atoms. The normalized spacial score (nSPS) is 11.5. The molecule has 8 heteroatoms. The molecule has 0 saturated carbocycles. The monoisotopic (exact) mass is 517 g/mol. The molecule has 170 valence electrons. The average molecular weight is 518 g/mol. The van der Waals surface area contributed by atoms with Crippen molar-refractivity contribution < 1.29 is 13.9 Å². The predicted molar refractivity (Wildman–Crippen MR) is 136 cm³/mol. The van der Waals surface area contributed by atoms with Gasteiger partial charge < -0.3 is 13.9 Å². The van der Waals surface area contributed by atoms with Crippen molar-refractivity contribution in [3.8, 4) is 23.1 Å². The highest BCUT2D eigenvalue weighted by molar-refractivity contribution is 9.10. The van der Waals surface area contributed by atoms with E-state index in [1.54, 1.807) is 38.6 Å². The number of hydrogen-bond donors (Lipinski definition) is 0. The lowest BCUT2D eigenvalue weighted by molar-refractivity contribution is 0.388. The molecule has 5 rings (SSSR count). The number of benzene rings is 3. The molecule has 34 heavy (non-hydrogen) atoms. The maximum absolute atomic E-state index is 13.4. The summed E-state index contributed by atoms with van der Waals surface area (Å²) < 4.78 is 19.2. The molecule has 5 aromatic rings. The minimum Gasteiger partial charge on any atom is -0.496 e. The van der Waals surface area contributed by atoms with Gasteiger partial charge in [0.05, 0.1) is 31.3 Å². The van der Waals surface area contributed by atoms with E-state index in [1.165, 1.54) is 4.68 Å². The average Bonchev–Trinajstić information content (AvgIpc) is 3.26. The van der Waals surface area contributed by atoms with Gasteiger partial charge in [0.15, 0.2) is 5.76 Å². The molecule has 0 unspecified atom stereocenters. The summed E-state index contributed by atoms with van der Waals surface area (Å²) >= 11 is 3.48. The summed E-state index contributed by atoms with van der Waals surface area (Å²) in [6.07, 6.45) is 1.58. The van der Waals surface area contributed by atoms with Crippen molar-refractivity contribution in [1.29, 1.82) is 0 Å². The number of nitrogens with zero attached hydrogens (tertiary/aromatic N) is 3. The quantitative estimate of drug-likeness (QED) is 0.276. The van der Waals surface area contributed by atoms with Crippen LogP contribution < -0.4 is 15.0 Å². The zero-order valence-corrected chi connectivity index (χ0v) is 20.3. The van der Waals surface area contributed by atoms with E-state index in [9.17, 15) is 4.79 Å². The molecule has 0 atom stereocenters. The number of methoxy groups -OCH3 is 2. The van der Waals surface area contributed by atoms with Crippen LogP contribution >= 0.6 is 15.9 Å². The van der Waals surface area contributed by atoms with Gasteiger partial charge in [-0.3, -0.25) is 4.79 Å². The molecule has 0 aliphatic carbocycles. The van der Waals surface area contributed by atoms with Crippen LogP contribution in [-0.4, -0.2) is 30.1 Å². The topological polar surface area (TPSA) is 78.9 Å². The van der Waals surface area contributed by atoms with Gasteiger partial charge in [0, 0.05) is 21.0 Å². The Morgan fingerprint density at radius 2 is 1.88 bits per heavy atom. The molecule has 2 aromatic heterocycles. The van der Waals surface area contributed by atoms with Crippen LogP contribution in [0.3, 0.4) is 0 Å². The van der Waals surface area contributed by atoms with Crippen molar-refractivity contribution in [3.63, 3.8) is 0 Å². The molecular formula is C26H20BrN3O4. The van der Waals surface area contributed by atoms with Gasteiger partial charge >= 0.3 is 0 Å². The van der Waals surface area contributed by atoms with Crippen molar-refractivity contribution in [2.24, 2.45) is 5.10 Å². The molecule has 3 aromatic carbocycles. The highest BCUT2D eigenvalue weighted by Crippen LogP contribution is 2.31. The molecule has 0 N–H and O–H groups in total. The van der Waals surface area contributed by atoms with Crippen molar-refractivity contribution >= 4 is 44.0 Å². The highest BCUT2D eigenvalue weighted by Gasteiger charge is 2.17. The van der Waals surface area contributed by atoms with Crippen LogP contribution in [0.1, 0.15) is 11.1 Å². The van der Waals surface area contributed by atoms with E-state index in [1.807, 2.05) is 49.4 Å². The fraction of sp³-hybridized carbons (Fsp3) is 0.115. The number of halogens is 1. The maximum atomic E-state index is 13.4. The third kappa shape index (κ3) is 3.76. The lowest BCUT2D eigenvalue weighted by Gasteiger charge is -2.12. The van der Waals surface area contributed by atoms with Crippen LogP contribution in [-0.2, 0) is 0 Å². The van der Waals surface area contributed by atoms with Crippen molar-refractivity contribution in [1.82, 2.24) is 9.66 Å². The van der Waals surface area contributed by atoms with Crippen molar-refractivity contribution in [2.75, 3.05) is 14.2 Å². The molecule has 2 heterocycles. The number of aromatic nitrogens is 2. The number of hydrogen-bond acceptors (Lipinski definition) is 6. The van der Waals surface area contributed by atoms with Gasteiger partial charge in [-0.1, -0.05) is 28.1 Å². The largest absolute Gasteiger partial charge is 0.496 e. The summed E-state index contributed by atoms with van der Waals surface area (Å²) in [6, 6.07) is 18.4. The Bertz CT molecular complexity index is 1640. The summed E-state index contributed by atoms with van der Waals surface area (Å²) in [7, 11) is 3.19. The Balaban J connectivity index is 1.72. The van der Waals surface area contributed by atoms with Crippen LogP contribution in [0.5, 0.6) is 11.5 Å². The van der Waals surface area contributed by atoms with Gasteiger partial charge in [-0.05, 0) is 55.5 Å². The van der Waals surface area contributed by atoms with Crippen LogP contribution in [0.4, 0.5) is 0 Å². The lowest BCUT2D eigenvalue weighted by atomic mass is 10.1. The van der Waals surface area contributed by atoms with Crippen LogP contribution in [0.2, 0.25) is 0 Å². The Kier molecular flexibility index (Phi) is 5.67. The van der Waals surface area contributed by atoms with Gasteiger partial charge in [-0.25, -0.2) is 4.98 Å². The van der Waals surface area contributed by atoms with E-state index in [0.717, 1.165) is 15.4 Å². The number of rotatable bonds is 5. The lowest BCUT2D eigenvalue weighted by Crippen LogP contribution is -2.20. The maximum Gasteiger partial charge on any atom is 0.282 e. The van der Waals surface area contributed by atoms with E-state index in [4.69, 9.17) is 18.9 Å². The van der Waals surface area contributed by atoms with E-state index < -0.39 is 0 Å². The predicted octanol–water partition coefficient (Wildman–Crippen LogP) is 5.78. The minimum absolute atomic E-state index is 0.302. The Morgan fingerprint density at radius 1 is 1.06 bits per heavy atom. The van der Waals surface area contributed by atoms with Gasteiger partial charge in [0.25, 0.3) is 5.56 Å². The summed E-state index contributed by atoms with van der Waals surface area (Å²) in [5.41, 5.74) is 2.47. The Labute approximate surface area is 203 Å². The molecule has 0 fully saturated rings. The first-order valence-corrected chi connectivity index (χ1v) is 11.3. The van der Waals surface area contributed by atoms with Gasteiger partial charge in [-0.15, -0.1) is 0 Å². The second-order valence-corrected chi connectivity index (χ2v) is 8.54. The van der Waals surface area contributed by atoms with E-state index in [0.29, 0.717) is 45.1 Å². The number of fused-ring (bicyclic) bond motifs is 2. The van der Waals surface area contributed by atoms with Crippen molar-refractivity contribution in [3.05, 3.63) is 86.6 Å². The summed E-state index contributed by atoms with van der Waals surface area (Å²) in [6.45, 7) is 1.90. The first kappa shape index (κ1) is 21.9. The highest BCUT2D eigenvalue weighted by atomic mass is 79.9. The van der Waals surface area contributed by atoms with Gasteiger partial charge in [0.2, 0.25) is 5.82 Å². The fourth-order valence-electron chi connectivity index (χ4n) is 3.92. The number of para-hydroxylation sites is 1. The molecule has 0 aliphatic heterocycles. The molecular weight excluding hydrogens is 498 g/mol.